The Morgan fingerprint density at radius 1 is 1.25 bits per heavy atom. The summed E-state index contributed by atoms with van der Waals surface area (Å²) >= 11 is 0. The van der Waals surface area contributed by atoms with Crippen LogP contribution >= 0.6 is 0 Å². The Morgan fingerprint density at radius 3 is 2.67 bits per heavy atom. The maximum Gasteiger partial charge on any atom is 0.322 e. The number of para-hydroxylation sites is 1. The number of nitrogens with two attached hydrogens (primary N) is 1. The van der Waals surface area contributed by atoms with E-state index < -0.39 is 0 Å². The number of aromatic nitrogens is 2. The van der Waals surface area contributed by atoms with Gasteiger partial charge in [0, 0.05) is 31.6 Å². The first kappa shape index (κ1) is 16.6. The molecule has 0 saturated carbocycles. The first-order chi connectivity index (χ1) is 11.6. The van der Waals surface area contributed by atoms with Gasteiger partial charge in [-0.25, -0.2) is 9.97 Å². The average Bonchev–Trinajstić information content (AvgIpc) is 2.61. The summed E-state index contributed by atoms with van der Waals surface area (Å²) in [5, 5.41) is 0.887. The van der Waals surface area contributed by atoms with Crippen molar-refractivity contribution in [2.45, 2.75) is 19.5 Å². The van der Waals surface area contributed by atoms with Crippen LogP contribution in [0.5, 0.6) is 0 Å². The Balaban J connectivity index is 1.63. The van der Waals surface area contributed by atoms with Gasteiger partial charge in [0.25, 0.3) is 0 Å². The van der Waals surface area contributed by atoms with Gasteiger partial charge in [-0.05, 0) is 19.1 Å². The van der Waals surface area contributed by atoms with E-state index in [9.17, 15) is 4.79 Å². The van der Waals surface area contributed by atoms with Gasteiger partial charge in [-0.1, -0.05) is 12.1 Å². The Morgan fingerprint density at radius 2 is 1.96 bits per heavy atom. The van der Waals surface area contributed by atoms with Crippen LogP contribution in [0.2, 0.25) is 0 Å². The van der Waals surface area contributed by atoms with E-state index in [1.54, 1.807) is 0 Å². The van der Waals surface area contributed by atoms with Crippen molar-refractivity contribution in [3.05, 3.63) is 30.1 Å². The molecule has 1 atom stereocenters. The van der Waals surface area contributed by atoms with E-state index in [2.05, 4.69) is 19.8 Å². The maximum atomic E-state index is 11.6. The molecule has 0 radical (unpaired) electrons. The van der Waals surface area contributed by atoms with Gasteiger partial charge in [0.05, 0.1) is 19.2 Å². The van der Waals surface area contributed by atoms with Crippen molar-refractivity contribution in [2.24, 2.45) is 0 Å². The Labute approximate surface area is 141 Å². The van der Waals surface area contributed by atoms with Gasteiger partial charge in [-0.2, -0.15) is 0 Å². The van der Waals surface area contributed by atoms with E-state index in [1.165, 1.54) is 7.11 Å². The second-order valence-corrected chi connectivity index (χ2v) is 6.05. The fourth-order valence-electron chi connectivity index (χ4n) is 3.05. The van der Waals surface area contributed by atoms with Crippen LogP contribution in [0.4, 0.5) is 5.82 Å². The van der Waals surface area contributed by atoms with Crippen LogP contribution in [0.25, 0.3) is 10.9 Å². The van der Waals surface area contributed by atoms with Crippen LogP contribution < -0.4 is 5.73 Å². The summed E-state index contributed by atoms with van der Waals surface area (Å²) in [5.74, 6) is 1.07. The number of nitrogen functional groups attached to an aromatic ring is 1. The third kappa shape index (κ3) is 3.47. The molecule has 1 aromatic heterocycles. The summed E-state index contributed by atoms with van der Waals surface area (Å²) < 4.78 is 4.81. The molecule has 7 nitrogen and oxygen atoms in total. The molecular formula is C17H23N5O2. The zero-order valence-electron chi connectivity index (χ0n) is 14.1. The standard InChI is InChI=1S/C17H23N5O2/c1-12(17(23)24-2)22-9-7-21(8-10-22)11-15-19-14-6-4-3-5-13(14)16(18)20-15/h3-6,12H,7-11H2,1-2H3,(H2,18,19,20). The Kier molecular flexibility index (Phi) is 4.92. The molecule has 1 aromatic carbocycles. The van der Waals surface area contributed by atoms with Crippen molar-refractivity contribution < 1.29 is 9.53 Å². The highest BCUT2D eigenvalue weighted by molar-refractivity contribution is 5.87. The molecule has 0 bridgehead atoms. The number of nitrogens with zero attached hydrogens (tertiary/aromatic N) is 4. The Bertz CT molecular complexity index is 728. The van der Waals surface area contributed by atoms with E-state index in [1.807, 2.05) is 31.2 Å². The lowest BCUT2D eigenvalue weighted by Crippen LogP contribution is -2.51. The first-order valence-corrected chi connectivity index (χ1v) is 8.14. The molecule has 128 valence electrons. The topological polar surface area (TPSA) is 84.6 Å². The van der Waals surface area contributed by atoms with Crippen molar-refractivity contribution in [3.8, 4) is 0 Å². The van der Waals surface area contributed by atoms with Gasteiger partial charge >= 0.3 is 5.97 Å². The number of hydrogen-bond acceptors (Lipinski definition) is 7. The molecule has 2 aromatic rings. The lowest BCUT2D eigenvalue weighted by molar-refractivity contribution is -0.147. The minimum absolute atomic E-state index is 0.186. The zero-order chi connectivity index (χ0) is 17.1. The number of carbonyl (C=O) groups excluding carboxylic acids is 1. The van der Waals surface area contributed by atoms with Crippen LogP contribution in [0.3, 0.4) is 0 Å². The summed E-state index contributed by atoms with van der Waals surface area (Å²) in [4.78, 5) is 25.1. The summed E-state index contributed by atoms with van der Waals surface area (Å²) in [6.07, 6.45) is 0. The van der Waals surface area contributed by atoms with Crippen LogP contribution in [0, 0.1) is 0 Å². The van der Waals surface area contributed by atoms with E-state index in [0.29, 0.717) is 12.4 Å². The van der Waals surface area contributed by atoms with Gasteiger partial charge in [-0.15, -0.1) is 0 Å². The van der Waals surface area contributed by atoms with Crippen molar-refractivity contribution in [3.63, 3.8) is 0 Å². The van der Waals surface area contributed by atoms with Crippen molar-refractivity contribution >= 4 is 22.7 Å². The number of benzene rings is 1. The molecule has 24 heavy (non-hydrogen) atoms. The number of methoxy groups -OCH3 is 1. The maximum absolute atomic E-state index is 11.6. The zero-order valence-corrected chi connectivity index (χ0v) is 14.1. The van der Waals surface area contributed by atoms with Gasteiger partial charge in [0.2, 0.25) is 0 Å². The number of hydrogen-bond donors (Lipinski definition) is 1. The lowest BCUT2D eigenvalue weighted by Gasteiger charge is -2.36. The quantitative estimate of drug-likeness (QED) is 0.834. The summed E-state index contributed by atoms with van der Waals surface area (Å²) in [5.41, 5.74) is 6.92. The molecular weight excluding hydrogens is 306 g/mol. The molecule has 1 aliphatic rings. The van der Waals surface area contributed by atoms with E-state index >= 15 is 0 Å². The molecule has 7 heteroatoms. The van der Waals surface area contributed by atoms with Gasteiger partial charge in [0.1, 0.15) is 17.7 Å². The molecule has 3 rings (SSSR count). The van der Waals surface area contributed by atoms with Crippen LogP contribution in [0.15, 0.2) is 24.3 Å². The highest BCUT2D eigenvalue weighted by atomic mass is 16.5. The Hall–Kier alpha value is -2.25. The minimum Gasteiger partial charge on any atom is -0.468 e. The number of ether oxygens (including phenoxy) is 1. The molecule has 0 aliphatic carbocycles. The number of fused-ring (bicyclic) bond motifs is 1. The molecule has 2 heterocycles. The van der Waals surface area contributed by atoms with E-state index in [-0.39, 0.29) is 12.0 Å². The molecule has 1 aliphatic heterocycles. The van der Waals surface area contributed by atoms with E-state index in [4.69, 9.17) is 10.5 Å². The fraction of sp³-hybridized carbons (Fsp3) is 0.471. The monoisotopic (exact) mass is 329 g/mol. The summed E-state index contributed by atoms with van der Waals surface area (Å²) in [6.45, 7) is 5.90. The lowest BCUT2D eigenvalue weighted by atomic mass is 10.2. The van der Waals surface area contributed by atoms with Gasteiger partial charge in [-0.3, -0.25) is 14.6 Å². The van der Waals surface area contributed by atoms with Crippen LogP contribution in [-0.4, -0.2) is 65.1 Å². The molecule has 2 N–H and O–H groups in total. The second kappa shape index (κ2) is 7.11. The predicted octanol–water partition coefficient (Wildman–Crippen LogP) is 0.891. The number of esters is 1. The largest absolute Gasteiger partial charge is 0.468 e. The van der Waals surface area contributed by atoms with Crippen LogP contribution in [0.1, 0.15) is 12.7 Å². The fourth-order valence-corrected chi connectivity index (χ4v) is 3.05. The van der Waals surface area contributed by atoms with Crippen molar-refractivity contribution in [1.29, 1.82) is 0 Å². The predicted molar refractivity (Wildman–Crippen MR) is 92.3 cm³/mol. The highest BCUT2D eigenvalue weighted by Gasteiger charge is 2.26. The van der Waals surface area contributed by atoms with Gasteiger partial charge < -0.3 is 10.5 Å². The van der Waals surface area contributed by atoms with Crippen molar-refractivity contribution in [1.82, 2.24) is 19.8 Å². The molecule has 1 fully saturated rings. The highest BCUT2D eigenvalue weighted by Crippen LogP contribution is 2.18. The second-order valence-electron chi connectivity index (χ2n) is 6.05. The average molecular weight is 329 g/mol. The minimum atomic E-state index is -0.204. The summed E-state index contributed by atoms with van der Waals surface area (Å²) in [7, 11) is 1.43. The SMILES string of the molecule is COC(=O)C(C)N1CCN(Cc2nc(N)c3ccccc3n2)CC1. The smallest absolute Gasteiger partial charge is 0.322 e. The third-order valence-electron chi connectivity index (χ3n) is 4.54. The van der Waals surface area contributed by atoms with E-state index in [0.717, 1.165) is 42.9 Å². The van der Waals surface area contributed by atoms with Crippen molar-refractivity contribution in [2.75, 3.05) is 39.0 Å². The molecule has 1 saturated heterocycles. The first-order valence-electron chi connectivity index (χ1n) is 8.14. The molecule has 0 spiro atoms. The number of anilines is 1. The normalized spacial score (nSPS) is 17.8. The molecule has 0 amide bonds. The van der Waals surface area contributed by atoms with Gasteiger partial charge in [0.15, 0.2) is 0 Å². The molecule has 1 unspecified atom stereocenters. The summed E-state index contributed by atoms with van der Waals surface area (Å²) in [6, 6.07) is 7.56. The third-order valence-corrected chi connectivity index (χ3v) is 4.54. The number of carbonyl (C=O) groups is 1. The van der Waals surface area contributed by atoms with Crippen LogP contribution in [-0.2, 0) is 16.1 Å². The number of rotatable bonds is 4. The number of piperazine rings is 1.